The highest BCUT2D eigenvalue weighted by Gasteiger charge is 2.32. The molecular weight excluding hydrogens is 344 g/mol. The molecule has 2 N–H and O–H groups in total. The molecule has 2 amide bonds. The number of para-hydroxylation sites is 1. The second-order valence-corrected chi connectivity index (χ2v) is 6.98. The van der Waals surface area contributed by atoms with Crippen molar-refractivity contribution in [2.75, 3.05) is 18.4 Å². The number of piperidine rings is 1. The summed E-state index contributed by atoms with van der Waals surface area (Å²) in [5.74, 6) is -1.72. The summed E-state index contributed by atoms with van der Waals surface area (Å²) in [6.45, 7) is 2.71. The Hall–Kier alpha value is -3.15. The Labute approximate surface area is 157 Å². The number of hydrogen-bond acceptors (Lipinski definition) is 3. The van der Waals surface area contributed by atoms with Crippen LogP contribution in [-0.2, 0) is 4.79 Å². The van der Waals surface area contributed by atoms with E-state index in [-0.39, 0.29) is 24.3 Å². The summed E-state index contributed by atoms with van der Waals surface area (Å²) in [4.78, 5) is 37.9. The minimum atomic E-state index is -0.868. The van der Waals surface area contributed by atoms with Crippen LogP contribution >= 0.6 is 0 Å². The van der Waals surface area contributed by atoms with Gasteiger partial charge in [0.05, 0.1) is 5.92 Å². The van der Waals surface area contributed by atoms with E-state index in [2.05, 4.69) is 5.32 Å². The quantitative estimate of drug-likeness (QED) is 0.870. The summed E-state index contributed by atoms with van der Waals surface area (Å²) in [6.07, 6.45) is 0.581. The first kappa shape index (κ1) is 18.6. The molecule has 1 aliphatic heterocycles. The molecule has 0 bridgehead atoms. The number of likely N-dealkylation sites (tertiary alicyclic amines) is 1. The zero-order valence-electron chi connectivity index (χ0n) is 15.1. The van der Waals surface area contributed by atoms with Gasteiger partial charge in [-0.25, -0.2) is 0 Å². The molecule has 1 heterocycles. The van der Waals surface area contributed by atoms with Gasteiger partial charge in [-0.05, 0) is 48.7 Å². The number of carbonyl (C=O) groups is 3. The number of amides is 2. The zero-order valence-corrected chi connectivity index (χ0v) is 15.1. The van der Waals surface area contributed by atoms with Crippen molar-refractivity contribution in [1.82, 2.24) is 4.90 Å². The molecule has 3 rings (SSSR count). The number of rotatable bonds is 4. The van der Waals surface area contributed by atoms with Gasteiger partial charge in [-0.15, -0.1) is 0 Å². The monoisotopic (exact) mass is 366 g/mol. The van der Waals surface area contributed by atoms with E-state index >= 15 is 0 Å². The molecule has 2 atom stereocenters. The van der Waals surface area contributed by atoms with Crippen LogP contribution in [0.3, 0.4) is 0 Å². The molecule has 0 radical (unpaired) electrons. The van der Waals surface area contributed by atoms with E-state index in [0.717, 1.165) is 0 Å². The van der Waals surface area contributed by atoms with Gasteiger partial charge in [-0.1, -0.05) is 25.1 Å². The maximum Gasteiger partial charge on any atom is 0.308 e. The fourth-order valence-corrected chi connectivity index (χ4v) is 3.37. The average Bonchev–Trinajstić information content (AvgIpc) is 2.67. The predicted octanol–water partition coefficient (Wildman–Crippen LogP) is 3.12. The van der Waals surface area contributed by atoms with Gasteiger partial charge >= 0.3 is 5.97 Å². The SMILES string of the molecule is CC1CC(C(=O)O)CN(C(=O)c2ccc(C(=O)Nc3ccccc3)cc2)C1. The number of carboxylic acid groups (broad SMARTS) is 1. The molecule has 1 saturated heterocycles. The van der Waals surface area contributed by atoms with E-state index in [0.29, 0.717) is 29.8 Å². The van der Waals surface area contributed by atoms with Crippen molar-refractivity contribution in [2.45, 2.75) is 13.3 Å². The van der Waals surface area contributed by atoms with Crippen LogP contribution in [-0.4, -0.2) is 40.9 Å². The van der Waals surface area contributed by atoms with Crippen LogP contribution < -0.4 is 5.32 Å². The van der Waals surface area contributed by atoms with Crippen molar-refractivity contribution in [1.29, 1.82) is 0 Å². The Balaban J connectivity index is 1.68. The zero-order chi connectivity index (χ0) is 19.4. The van der Waals surface area contributed by atoms with E-state index < -0.39 is 11.9 Å². The van der Waals surface area contributed by atoms with Gasteiger partial charge in [0.15, 0.2) is 0 Å². The molecule has 0 saturated carbocycles. The van der Waals surface area contributed by atoms with Gasteiger partial charge in [0.2, 0.25) is 0 Å². The molecule has 27 heavy (non-hydrogen) atoms. The topological polar surface area (TPSA) is 86.7 Å². The third-order valence-corrected chi connectivity index (χ3v) is 4.72. The molecule has 0 spiro atoms. The Kier molecular flexibility index (Phi) is 5.54. The van der Waals surface area contributed by atoms with Crippen molar-refractivity contribution in [2.24, 2.45) is 11.8 Å². The molecule has 2 aromatic carbocycles. The van der Waals surface area contributed by atoms with Crippen LogP contribution in [0.5, 0.6) is 0 Å². The normalized spacial score (nSPS) is 19.4. The summed E-state index contributed by atoms with van der Waals surface area (Å²) in [7, 11) is 0. The molecule has 6 nitrogen and oxygen atoms in total. The van der Waals surface area contributed by atoms with Crippen LogP contribution in [0.4, 0.5) is 5.69 Å². The average molecular weight is 366 g/mol. The van der Waals surface area contributed by atoms with Crippen LogP contribution in [0.15, 0.2) is 54.6 Å². The number of nitrogens with one attached hydrogen (secondary N) is 1. The highest BCUT2D eigenvalue weighted by molar-refractivity contribution is 6.05. The highest BCUT2D eigenvalue weighted by atomic mass is 16.4. The van der Waals surface area contributed by atoms with E-state index in [1.54, 1.807) is 41.3 Å². The van der Waals surface area contributed by atoms with Gasteiger partial charge in [-0.3, -0.25) is 14.4 Å². The molecule has 6 heteroatoms. The maximum absolute atomic E-state index is 12.7. The van der Waals surface area contributed by atoms with E-state index in [1.807, 2.05) is 25.1 Å². The number of benzene rings is 2. The lowest BCUT2D eigenvalue weighted by Gasteiger charge is -2.34. The third kappa shape index (κ3) is 4.53. The van der Waals surface area contributed by atoms with Crippen molar-refractivity contribution < 1.29 is 19.5 Å². The first-order valence-electron chi connectivity index (χ1n) is 8.92. The Morgan fingerprint density at radius 2 is 1.59 bits per heavy atom. The number of aliphatic carboxylic acids is 1. The Morgan fingerprint density at radius 3 is 2.22 bits per heavy atom. The largest absolute Gasteiger partial charge is 0.481 e. The third-order valence-electron chi connectivity index (χ3n) is 4.72. The van der Waals surface area contributed by atoms with Crippen LogP contribution in [0.25, 0.3) is 0 Å². The summed E-state index contributed by atoms with van der Waals surface area (Å²) < 4.78 is 0. The molecule has 0 aromatic heterocycles. The molecule has 1 fully saturated rings. The summed E-state index contributed by atoms with van der Waals surface area (Å²) in [6, 6.07) is 15.6. The number of carbonyl (C=O) groups excluding carboxylic acids is 2. The number of carboxylic acids is 1. The van der Waals surface area contributed by atoms with Crippen molar-refractivity contribution >= 4 is 23.5 Å². The van der Waals surface area contributed by atoms with Gasteiger partial charge in [0.1, 0.15) is 0 Å². The van der Waals surface area contributed by atoms with Crippen LogP contribution in [0, 0.1) is 11.8 Å². The van der Waals surface area contributed by atoms with Crippen LogP contribution in [0.1, 0.15) is 34.1 Å². The predicted molar refractivity (Wildman–Crippen MR) is 102 cm³/mol. The summed E-state index contributed by atoms with van der Waals surface area (Å²) in [5, 5.41) is 12.1. The minimum absolute atomic E-state index is 0.139. The molecule has 0 aliphatic carbocycles. The molecule has 140 valence electrons. The van der Waals surface area contributed by atoms with Gasteiger partial charge in [-0.2, -0.15) is 0 Å². The van der Waals surface area contributed by atoms with Gasteiger partial charge in [0, 0.05) is 29.9 Å². The smallest absolute Gasteiger partial charge is 0.308 e. The summed E-state index contributed by atoms with van der Waals surface area (Å²) in [5.41, 5.74) is 1.60. The second kappa shape index (κ2) is 8.03. The molecule has 1 aliphatic rings. The molecule has 2 unspecified atom stereocenters. The van der Waals surface area contributed by atoms with Crippen molar-refractivity contribution in [3.05, 3.63) is 65.7 Å². The number of nitrogens with zero attached hydrogens (tertiary/aromatic N) is 1. The van der Waals surface area contributed by atoms with E-state index in [4.69, 9.17) is 0 Å². The molecular formula is C21H22N2O4. The fourth-order valence-electron chi connectivity index (χ4n) is 3.37. The van der Waals surface area contributed by atoms with E-state index in [9.17, 15) is 19.5 Å². The number of anilines is 1. The standard InChI is InChI=1S/C21H22N2O4/c1-14-11-17(21(26)27)13-23(12-14)20(25)16-9-7-15(8-10-16)19(24)22-18-5-3-2-4-6-18/h2-10,14,17H,11-13H2,1H3,(H,22,24)(H,26,27). The summed E-state index contributed by atoms with van der Waals surface area (Å²) >= 11 is 0. The Bertz CT molecular complexity index is 833. The first-order valence-corrected chi connectivity index (χ1v) is 8.92. The van der Waals surface area contributed by atoms with Gasteiger partial charge < -0.3 is 15.3 Å². The lowest BCUT2D eigenvalue weighted by atomic mass is 9.90. The Morgan fingerprint density at radius 1 is 0.963 bits per heavy atom. The lowest BCUT2D eigenvalue weighted by Crippen LogP contribution is -2.45. The van der Waals surface area contributed by atoms with Crippen molar-refractivity contribution in [3.8, 4) is 0 Å². The fraction of sp³-hybridized carbons (Fsp3) is 0.286. The second-order valence-electron chi connectivity index (χ2n) is 6.98. The van der Waals surface area contributed by atoms with Crippen LogP contribution in [0.2, 0.25) is 0 Å². The van der Waals surface area contributed by atoms with Crippen molar-refractivity contribution in [3.63, 3.8) is 0 Å². The highest BCUT2D eigenvalue weighted by Crippen LogP contribution is 2.23. The lowest BCUT2D eigenvalue weighted by molar-refractivity contribution is -0.143. The first-order chi connectivity index (χ1) is 12.9. The maximum atomic E-state index is 12.7. The van der Waals surface area contributed by atoms with E-state index in [1.165, 1.54) is 0 Å². The minimum Gasteiger partial charge on any atom is -0.481 e. The molecule has 2 aromatic rings. The number of hydrogen-bond donors (Lipinski definition) is 2. The van der Waals surface area contributed by atoms with Gasteiger partial charge in [0.25, 0.3) is 11.8 Å².